The Morgan fingerprint density at radius 3 is 2.45 bits per heavy atom. The number of nitrogens with zero attached hydrogens (tertiary/aromatic N) is 1. The third kappa shape index (κ3) is 1.99. The van der Waals surface area contributed by atoms with Gasteiger partial charge in [0.1, 0.15) is 11.2 Å². The molecule has 0 saturated carbocycles. The highest BCUT2D eigenvalue weighted by Crippen LogP contribution is 2.51. The Morgan fingerprint density at radius 1 is 0.828 bits per heavy atom. The summed E-state index contributed by atoms with van der Waals surface area (Å²) in [5, 5.41) is 4.99. The second kappa shape index (κ2) is 5.27. The monoisotopic (exact) mass is 377 g/mol. The SMILES string of the molecule is Cc1ccc2c3c(ccc2c1)-c1ncc(C)c2oc4c(C)ccc(c4c12)C3(C)C. The van der Waals surface area contributed by atoms with Crippen LogP contribution >= 0.6 is 0 Å². The number of hydrogen-bond donors (Lipinski definition) is 0. The van der Waals surface area contributed by atoms with Gasteiger partial charge in [-0.25, -0.2) is 0 Å². The maximum absolute atomic E-state index is 6.44. The van der Waals surface area contributed by atoms with Crippen LogP contribution in [-0.4, -0.2) is 4.98 Å². The summed E-state index contributed by atoms with van der Waals surface area (Å²) in [5.74, 6) is 0. The number of aromatic nitrogens is 1. The molecule has 5 aromatic rings. The first kappa shape index (κ1) is 16.8. The van der Waals surface area contributed by atoms with Crippen molar-refractivity contribution in [1.29, 1.82) is 0 Å². The van der Waals surface area contributed by atoms with E-state index in [0.717, 1.165) is 27.8 Å². The number of furan rings is 1. The number of rotatable bonds is 0. The van der Waals surface area contributed by atoms with Gasteiger partial charge in [-0.2, -0.15) is 0 Å². The van der Waals surface area contributed by atoms with Gasteiger partial charge in [0.2, 0.25) is 0 Å². The van der Waals surface area contributed by atoms with Crippen LogP contribution in [0.1, 0.15) is 41.7 Å². The lowest BCUT2D eigenvalue weighted by Crippen LogP contribution is -2.20. The van der Waals surface area contributed by atoms with Crippen LogP contribution in [0.4, 0.5) is 0 Å². The average molecular weight is 377 g/mol. The van der Waals surface area contributed by atoms with Crippen LogP contribution in [0.25, 0.3) is 44.0 Å². The van der Waals surface area contributed by atoms with Gasteiger partial charge in [-0.1, -0.05) is 61.9 Å². The van der Waals surface area contributed by atoms with Crippen LogP contribution in [0.3, 0.4) is 0 Å². The highest BCUT2D eigenvalue weighted by Gasteiger charge is 2.36. The first-order chi connectivity index (χ1) is 13.9. The van der Waals surface area contributed by atoms with Crippen molar-refractivity contribution in [2.24, 2.45) is 0 Å². The van der Waals surface area contributed by atoms with Crippen molar-refractivity contribution in [3.8, 4) is 11.3 Å². The smallest absolute Gasteiger partial charge is 0.142 e. The van der Waals surface area contributed by atoms with Crippen molar-refractivity contribution in [1.82, 2.24) is 4.98 Å². The highest BCUT2D eigenvalue weighted by atomic mass is 16.3. The van der Waals surface area contributed by atoms with Crippen LogP contribution in [0, 0.1) is 20.8 Å². The fourth-order valence-electron chi connectivity index (χ4n) is 5.30. The number of benzene rings is 3. The number of pyridine rings is 1. The van der Waals surface area contributed by atoms with Gasteiger partial charge >= 0.3 is 0 Å². The summed E-state index contributed by atoms with van der Waals surface area (Å²) in [5.41, 5.74) is 10.3. The molecule has 0 spiro atoms. The van der Waals surface area contributed by atoms with Gasteiger partial charge in [0.25, 0.3) is 0 Å². The summed E-state index contributed by atoms with van der Waals surface area (Å²) < 4.78 is 6.44. The maximum Gasteiger partial charge on any atom is 0.142 e. The molecule has 142 valence electrons. The van der Waals surface area contributed by atoms with Gasteiger partial charge in [0.05, 0.1) is 11.1 Å². The normalized spacial score (nSPS) is 14.7. The van der Waals surface area contributed by atoms with E-state index in [0.29, 0.717) is 0 Å². The first-order valence-corrected chi connectivity index (χ1v) is 10.2. The zero-order valence-corrected chi connectivity index (χ0v) is 17.5. The molecule has 2 heteroatoms. The van der Waals surface area contributed by atoms with Gasteiger partial charge < -0.3 is 4.42 Å². The summed E-state index contributed by atoms with van der Waals surface area (Å²) in [6.07, 6.45) is 1.95. The van der Waals surface area contributed by atoms with E-state index in [1.54, 1.807) is 0 Å². The minimum absolute atomic E-state index is 0.179. The van der Waals surface area contributed by atoms with Gasteiger partial charge in [-0.15, -0.1) is 0 Å². The highest BCUT2D eigenvalue weighted by molar-refractivity contribution is 6.17. The van der Waals surface area contributed by atoms with Gasteiger partial charge in [0.15, 0.2) is 0 Å². The predicted molar refractivity (Wildman–Crippen MR) is 121 cm³/mol. The Hall–Kier alpha value is -3.13. The molecule has 0 saturated heterocycles. The van der Waals surface area contributed by atoms with E-state index in [2.05, 4.69) is 77.1 Å². The second-order valence-electron chi connectivity index (χ2n) is 9.07. The van der Waals surface area contributed by atoms with E-state index in [4.69, 9.17) is 9.40 Å². The molecule has 0 radical (unpaired) electrons. The summed E-state index contributed by atoms with van der Waals surface area (Å²) in [7, 11) is 0. The summed E-state index contributed by atoms with van der Waals surface area (Å²) >= 11 is 0. The molecule has 0 fully saturated rings. The minimum Gasteiger partial charge on any atom is -0.455 e. The van der Waals surface area contributed by atoms with Crippen molar-refractivity contribution in [3.05, 3.63) is 76.5 Å². The quantitative estimate of drug-likeness (QED) is 0.282. The van der Waals surface area contributed by atoms with E-state index in [9.17, 15) is 0 Å². The Morgan fingerprint density at radius 2 is 1.62 bits per heavy atom. The average Bonchev–Trinajstić information content (AvgIpc) is 3.06. The zero-order valence-electron chi connectivity index (χ0n) is 17.5. The lowest BCUT2D eigenvalue weighted by atomic mass is 9.73. The fourth-order valence-corrected chi connectivity index (χ4v) is 5.30. The molecule has 0 atom stereocenters. The van der Waals surface area contributed by atoms with E-state index < -0.39 is 0 Å². The third-order valence-corrected chi connectivity index (χ3v) is 6.75. The van der Waals surface area contributed by atoms with Crippen molar-refractivity contribution >= 4 is 32.7 Å². The summed E-state index contributed by atoms with van der Waals surface area (Å²) in [6, 6.07) is 15.8. The van der Waals surface area contributed by atoms with Crippen LogP contribution in [0.5, 0.6) is 0 Å². The van der Waals surface area contributed by atoms with Crippen LogP contribution in [-0.2, 0) is 5.41 Å². The molecule has 3 aromatic carbocycles. The molecular weight excluding hydrogens is 354 g/mol. The Labute approximate surface area is 170 Å². The molecule has 2 aromatic heterocycles. The lowest BCUT2D eigenvalue weighted by Gasteiger charge is -2.29. The molecule has 2 heterocycles. The van der Waals surface area contributed by atoms with Crippen molar-refractivity contribution < 1.29 is 4.42 Å². The third-order valence-electron chi connectivity index (χ3n) is 6.75. The molecule has 0 unspecified atom stereocenters. The second-order valence-corrected chi connectivity index (χ2v) is 9.07. The molecule has 2 nitrogen and oxygen atoms in total. The van der Waals surface area contributed by atoms with Gasteiger partial charge in [0, 0.05) is 28.1 Å². The van der Waals surface area contributed by atoms with E-state index in [1.807, 2.05) is 6.20 Å². The summed E-state index contributed by atoms with van der Waals surface area (Å²) in [4.78, 5) is 4.95. The Balaban J connectivity index is 1.93. The molecule has 0 aliphatic heterocycles. The molecule has 0 N–H and O–H groups in total. The topological polar surface area (TPSA) is 26.0 Å². The Kier molecular flexibility index (Phi) is 3.05. The molecule has 0 bridgehead atoms. The first-order valence-electron chi connectivity index (χ1n) is 10.2. The van der Waals surface area contributed by atoms with Crippen LogP contribution < -0.4 is 0 Å². The molecule has 0 amide bonds. The van der Waals surface area contributed by atoms with Gasteiger partial charge in [-0.05, 0) is 48.2 Å². The predicted octanol–water partition coefficient (Wildman–Crippen LogP) is 7.37. The van der Waals surface area contributed by atoms with Crippen LogP contribution in [0.15, 0.2) is 53.1 Å². The molecule has 6 rings (SSSR count). The van der Waals surface area contributed by atoms with E-state index >= 15 is 0 Å². The number of aryl methyl sites for hydroxylation is 3. The summed E-state index contributed by atoms with van der Waals surface area (Å²) in [6.45, 7) is 11.1. The van der Waals surface area contributed by atoms with Crippen molar-refractivity contribution in [3.63, 3.8) is 0 Å². The van der Waals surface area contributed by atoms with E-state index in [-0.39, 0.29) is 5.41 Å². The number of hydrogen-bond acceptors (Lipinski definition) is 2. The molecule has 1 aliphatic carbocycles. The van der Waals surface area contributed by atoms with Crippen molar-refractivity contribution in [2.75, 3.05) is 0 Å². The molecule has 29 heavy (non-hydrogen) atoms. The zero-order chi connectivity index (χ0) is 20.1. The van der Waals surface area contributed by atoms with Crippen LogP contribution in [0.2, 0.25) is 0 Å². The molecule has 1 aliphatic rings. The fraction of sp³-hybridized carbons (Fsp3) is 0.222. The van der Waals surface area contributed by atoms with E-state index in [1.165, 1.54) is 44.0 Å². The minimum atomic E-state index is -0.179. The van der Waals surface area contributed by atoms with Gasteiger partial charge in [-0.3, -0.25) is 4.98 Å². The standard InChI is InChI=1S/C27H23NO/c1-14-6-9-18-17(12-14)8-10-19-23(18)27(4,5)20-11-7-15(2)25-21(20)22-24(19)28-13-16(3)26(22)29-25/h6-13H,1-5H3. The molecular formula is C27H23NO. The lowest BCUT2D eigenvalue weighted by molar-refractivity contribution is 0.645. The largest absolute Gasteiger partial charge is 0.455 e. The maximum atomic E-state index is 6.44. The van der Waals surface area contributed by atoms with Crippen molar-refractivity contribution in [2.45, 2.75) is 40.0 Å². The number of fused-ring (bicyclic) bond motifs is 4. The Bertz CT molecular complexity index is 1500.